The normalized spacial score (nSPS) is 38.7. The fraction of sp³-hybridized carbons (Fsp3) is 0.520. The fourth-order valence-corrected chi connectivity index (χ4v) is 3.85. The van der Waals surface area contributed by atoms with E-state index < -0.39 is 59.1 Å². The minimum absolute atomic E-state index is 0.0298. The van der Waals surface area contributed by atoms with Gasteiger partial charge in [-0.25, -0.2) is 0 Å². The molecular formula is C25H33NO7. The second-order valence-electron chi connectivity index (χ2n) is 8.99. The number of ether oxygens (including phenoxy) is 1. The molecule has 0 spiro atoms. The van der Waals surface area contributed by atoms with Crippen molar-refractivity contribution < 1.29 is 34.1 Å². The van der Waals surface area contributed by atoms with Crippen LogP contribution in [0.3, 0.4) is 0 Å². The van der Waals surface area contributed by atoms with Crippen LogP contribution in [0.5, 0.6) is 0 Å². The monoisotopic (exact) mass is 459 g/mol. The number of Topliss-reactive ketones (excluding diaryl/α,β-unsaturated/α-hetero) is 2. The maximum absolute atomic E-state index is 13.4. The molecule has 8 heteroatoms. The molecule has 3 rings (SSSR count). The maximum atomic E-state index is 13.4. The summed E-state index contributed by atoms with van der Waals surface area (Å²) in [5.41, 5.74) is -0.371. The molecule has 3 N–H and O–H groups in total. The van der Waals surface area contributed by atoms with Gasteiger partial charge >= 0.3 is 5.97 Å². The predicted molar refractivity (Wildman–Crippen MR) is 122 cm³/mol. The van der Waals surface area contributed by atoms with Crippen molar-refractivity contribution in [2.75, 3.05) is 0 Å². The summed E-state index contributed by atoms with van der Waals surface area (Å²) in [6, 6.07) is -1.15. The van der Waals surface area contributed by atoms with Crippen LogP contribution in [0, 0.1) is 11.3 Å². The zero-order chi connectivity index (χ0) is 24.9. The first-order valence-electron chi connectivity index (χ1n) is 11.0. The summed E-state index contributed by atoms with van der Waals surface area (Å²) in [5, 5.41) is 23.1. The summed E-state index contributed by atoms with van der Waals surface area (Å²) in [5.74, 6) is -3.74. The van der Waals surface area contributed by atoms with Crippen LogP contribution in [-0.2, 0) is 23.9 Å². The Balaban J connectivity index is 2.57. The van der Waals surface area contributed by atoms with E-state index in [1.807, 2.05) is 13.0 Å². The zero-order valence-corrected chi connectivity index (χ0v) is 19.7. The van der Waals surface area contributed by atoms with Crippen LogP contribution in [0.4, 0.5) is 0 Å². The molecule has 2 heterocycles. The average Bonchev–Trinajstić information content (AvgIpc) is 2.75. The Bertz CT molecular complexity index is 929. The molecule has 2 aliphatic heterocycles. The summed E-state index contributed by atoms with van der Waals surface area (Å²) in [7, 11) is 0. The lowest BCUT2D eigenvalue weighted by atomic mass is 9.69. The molecule has 8 nitrogen and oxygen atoms in total. The molecule has 1 fully saturated rings. The molecule has 2 bridgehead atoms. The number of allylic oxidation sites excluding steroid dienone is 4. The molecule has 0 aromatic carbocycles. The first-order chi connectivity index (χ1) is 15.4. The minimum atomic E-state index is -1.78. The van der Waals surface area contributed by atoms with Gasteiger partial charge in [0.2, 0.25) is 5.78 Å². The van der Waals surface area contributed by atoms with Crippen LogP contribution >= 0.6 is 0 Å². The van der Waals surface area contributed by atoms with Crippen molar-refractivity contribution in [3.05, 3.63) is 47.6 Å². The second kappa shape index (κ2) is 10.9. The Morgan fingerprint density at radius 2 is 1.70 bits per heavy atom. The number of carbonyl (C=O) groups excluding carboxylic acids is 4. The van der Waals surface area contributed by atoms with E-state index in [0.29, 0.717) is 12.0 Å². The van der Waals surface area contributed by atoms with E-state index in [-0.39, 0.29) is 6.42 Å². The highest BCUT2D eigenvalue weighted by Gasteiger charge is 2.56. The van der Waals surface area contributed by atoms with Gasteiger partial charge in [-0.15, -0.1) is 0 Å². The molecular weight excluding hydrogens is 426 g/mol. The van der Waals surface area contributed by atoms with Gasteiger partial charge < -0.3 is 20.3 Å². The number of aliphatic hydroxyl groups excluding tert-OH is 2. The topological polar surface area (TPSA) is 130 Å². The molecule has 33 heavy (non-hydrogen) atoms. The number of amides is 1. The van der Waals surface area contributed by atoms with Crippen LogP contribution in [0.1, 0.15) is 47.5 Å². The van der Waals surface area contributed by atoms with Gasteiger partial charge in [-0.05, 0) is 27.2 Å². The number of nitrogens with one attached hydrogen (secondary N) is 1. The fourth-order valence-electron chi connectivity index (χ4n) is 3.85. The Morgan fingerprint density at radius 1 is 1.09 bits per heavy atom. The third-order valence-electron chi connectivity index (χ3n) is 6.14. The number of ketones is 2. The molecule has 180 valence electrons. The molecule has 0 saturated carbocycles. The lowest BCUT2D eigenvalue weighted by Crippen LogP contribution is -2.61. The van der Waals surface area contributed by atoms with E-state index in [4.69, 9.17) is 4.74 Å². The number of hydrogen-bond acceptors (Lipinski definition) is 7. The zero-order valence-electron chi connectivity index (χ0n) is 19.7. The van der Waals surface area contributed by atoms with E-state index in [2.05, 4.69) is 5.32 Å². The summed E-state index contributed by atoms with van der Waals surface area (Å²) in [6.07, 6.45) is 7.54. The second-order valence-corrected chi connectivity index (χ2v) is 8.99. The van der Waals surface area contributed by atoms with Crippen molar-refractivity contribution in [2.45, 2.75) is 71.8 Å². The summed E-state index contributed by atoms with van der Waals surface area (Å²) in [6.45, 7) is 7.62. The standard InChI is InChI=1S/C25H33NO7/c1-14-6-9-18(28)10-8-15(2)12-21(26-23(31)17(4)27)25(5)22(30)16(3)20(33-24(25)32)13-19(29)11-7-14/h6-8,10-12,16,18-21,28-29H,9,13H2,1-5H3,(H,26,31)/b10-8+,11-7+,14-6+,15-12+/t16-,18-,19-,20-,21-,25+/m1/s1. The molecule has 0 radical (unpaired) electrons. The number of esters is 1. The van der Waals surface area contributed by atoms with Gasteiger partial charge in [0.1, 0.15) is 11.5 Å². The number of fused-ring (bicyclic) bond motifs is 10. The molecule has 0 aromatic rings. The first kappa shape index (κ1) is 26.4. The van der Waals surface area contributed by atoms with Crippen molar-refractivity contribution in [1.29, 1.82) is 0 Å². The number of carbonyl (C=O) groups is 4. The van der Waals surface area contributed by atoms with Gasteiger partial charge in [-0.3, -0.25) is 19.2 Å². The first-order valence-corrected chi connectivity index (χ1v) is 11.0. The summed E-state index contributed by atoms with van der Waals surface area (Å²) >= 11 is 0. The lowest BCUT2D eigenvalue weighted by Gasteiger charge is -2.42. The van der Waals surface area contributed by atoms with E-state index in [1.165, 1.54) is 13.0 Å². The van der Waals surface area contributed by atoms with Crippen molar-refractivity contribution in [1.82, 2.24) is 5.32 Å². The van der Waals surface area contributed by atoms with Crippen molar-refractivity contribution in [3.8, 4) is 0 Å². The quantitative estimate of drug-likeness (QED) is 0.326. The van der Waals surface area contributed by atoms with Gasteiger partial charge in [0.05, 0.1) is 24.2 Å². The van der Waals surface area contributed by atoms with Crippen LogP contribution in [0.15, 0.2) is 47.6 Å². The van der Waals surface area contributed by atoms with Gasteiger partial charge in [0.25, 0.3) is 5.91 Å². The summed E-state index contributed by atoms with van der Waals surface area (Å²) in [4.78, 5) is 50.3. The highest BCUT2D eigenvalue weighted by atomic mass is 16.5. The molecule has 0 unspecified atom stereocenters. The summed E-state index contributed by atoms with van der Waals surface area (Å²) < 4.78 is 5.59. The van der Waals surface area contributed by atoms with E-state index in [1.54, 1.807) is 38.2 Å². The van der Waals surface area contributed by atoms with Gasteiger partial charge in [0, 0.05) is 13.3 Å². The third-order valence-corrected chi connectivity index (χ3v) is 6.14. The van der Waals surface area contributed by atoms with Crippen LogP contribution < -0.4 is 5.32 Å². The highest BCUT2D eigenvalue weighted by molar-refractivity contribution is 6.35. The van der Waals surface area contributed by atoms with E-state index >= 15 is 0 Å². The van der Waals surface area contributed by atoms with Gasteiger partial charge in [-0.2, -0.15) is 0 Å². The van der Waals surface area contributed by atoms with Crippen LogP contribution in [0.25, 0.3) is 0 Å². The van der Waals surface area contributed by atoms with Crippen molar-refractivity contribution in [2.24, 2.45) is 11.3 Å². The Kier molecular flexibility index (Phi) is 8.69. The SMILES string of the molecule is CC(=O)C(=O)N[C@@H]1/C=C(C)/C=C/[C@H](O)C/C=C(C)/C=C/[C@@H](O)C[C@H]2OC(=O)[C@]1(C)C(=O)[C@@H]2C. The Morgan fingerprint density at radius 3 is 2.33 bits per heavy atom. The largest absolute Gasteiger partial charge is 0.461 e. The molecule has 1 saturated heterocycles. The number of hydrogen-bond donors (Lipinski definition) is 3. The number of aliphatic hydroxyl groups is 2. The molecule has 1 amide bonds. The Labute approximate surface area is 194 Å². The van der Waals surface area contributed by atoms with Crippen molar-refractivity contribution in [3.63, 3.8) is 0 Å². The van der Waals surface area contributed by atoms with Crippen molar-refractivity contribution >= 4 is 23.4 Å². The molecule has 3 aliphatic rings. The predicted octanol–water partition coefficient (Wildman–Crippen LogP) is 1.72. The molecule has 6 atom stereocenters. The van der Waals surface area contributed by atoms with Gasteiger partial charge in [-0.1, -0.05) is 54.5 Å². The minimum Gasteiger partial charge on any atom is -0.461 e. The molecule has 1 aliphatic carbocycles. The van der Waals surface area contributed by atoms with Gasteiger partial charge in [0.15, 0.2) is 5.78 Å². The van der Waals surface area contributed by atoms with Crippen LogP contribution in [-0.4, -0.2) is 58.0 Å². The van der Waals surface area contributed by atoms with E-state index in [9.17, 15) is 29.4 Å². The lowest BCUT2D eigenvalue weighted by molar-refractivity contribution is -0.181. The smallest absolute Gasteiger partial charge is 0.322 e. The van der Waals surface area contributed by atoms with E-state index in [0.717, 1.165) is 12.5 Å². The highest BCUT2D eigenvalue weighted by Crippen LogP contribution is 2.38. The maximum Gasteiger partial charge on any atom is 0.322 e. The molecule has 0 aromatic heterocycles. The third kappa shape index (κ3) is 6.36. The van der Waals surface area contributed by atoms with Crippen LogP contribution in [0.2, 0.25) is 0 Å². The number of rotatable bonds is 2. The Hall–Kier alpha value is -2.84. The average molecular weight is 460 g/mol.